The molecule has 4 atom stereocenters. The predicted molar refractivity (Wildman–Crippen MR) is 158 cm³/mol. The van der Waals surface area contributed by atoms with Crippen molar-refractivity contribution in [1.82, 2.24) is 10.3 Å². The van der Waals surface area contributed by atoms with Gasteiger partial charge in [-0.1, -0.05) is 6.92 Å². The summed E-state index contributed by atoms with van der Waals surface area (Å²) >= 11 is 1.67. The van der Waals surface area contributed by atoms with E-state index in [1.807, 2.05) is 0 Å². The molecule has 193 valence electrons. The maximum atomic E-state index is 5.33. The maximum absolute atomic E-state index is 5.33. The van der Waals surface area contributed by atoms with Gasteiger partial charge in [-0.05, 0) is 18.9 Å². The molecule has 4 nitrogen and oxygen atoms in total. The van der Waals surface area contributed by atoms with Gasteiger partial charge < -0.3 is 0 Å². The summed E-state index contributed by atoms with van der Waals surface area (Å²) in [4.78, 5) is 14.2. The van der Waals surface area contributed by atoms with E-state index >= 15 is 0 Å². The summed E-state index contributed by atoms with van der Waals surface area (Å²) in [7, 11) is 0. The SMILES string of the molecule is C=CC1C(C)=C2/C=C3N=C(/C(C)=c4/cc(C)/c([nH]4)=C/C4=NC(=C\C1N2)/C(C)=C4CC)[C@@H](CC[CH2][Po])[C@@H]\3C. The Hall–Kier alpha value is -2.24. The number of nitrogens with one attached hydrogen (secondary N) is 2. The van der Waals surface area contributed by atoms with E-state index in [9.17, 15) is 0 Å². The number of allylic oxidation sites excluding steroid dienone is 4. The number of H-pyrrole nitrogens is 1. The van der Waals surface area contributed by atoms with Crippen molar-refractivity contribution in [3.05, 3.63) is 80.9 Å². The number of rotatable bonds is 5. The second-order valence-corrected chi connectivity index (χ2v) is 12.5. The first-order valence-corrected chi connectivity index (χ1v) is 15.9. The van der Waals surface area contributed by atoms with E-state index in [-0.39, 0.29) is 12.0 Å². The summed E-state index contributed by atoms with van der Waals surface area (Å²) in [5.74, 6) is 1.08. The molecule has 0 saturated heterocycles. The monoisotopic (exact) mass is 688 g/mol. The van der Waals surface area contributed by atoms with Crippen LogP contribution in [0.25, 0.3) is 11.6 Å². The molecule has 0 saturated carbocycles. The van der Waals surface area contributed by atoms with Crippen LogP contribution in [0, 0.1) is 24.7 Å². The van der Waals surface area contributed by atoms with Gasteiger partial charge in [-0.3, -0.25) is 0 Å². The summed E-state index contributed by atoms with van der Waals surface area (Å²) < 4.78 is 1.29. The van der Waals surface area contributed by atoms with Crippen molar-refractivity contribution in [3.63, 3.8) is 0 Å². The molecule has 5 heterocycles. The molecule has 1 radical (unpaired) electrons. The third-order valence-electron chi connectivity index (χ3n) is 8.71. The van der Waals surface area contributed by atoms with Gasteiger partial charge >= 0.3 is 212 Å². The predicted octanol–water partition coefficient (Wildman–Crippen LogP) is 5.36. The van der Waals surface area contributed by atoms with E-state index in [1.165, 1.54) is 67.2 Å². The van der Waals surface area contributed by atoms with E-state index in [2.05, 4.69) is 88.8 Å². The van der Waals surface area contributed by atoms with Crippen LogP contribution in [0.1, 0.15) is 59.4 Å². The van der Waals surface area contributed by atoms with Crippen LogP contribution >= 0.6 is 0 Å². The molecule has 5 rings (SSSR count). The van der Waals surface area contributed by atoms with E-state index in [1.54, 1.807) is 25.1 Å². The molecule has 2 N–H and O–H groups in total. The van der Waals surface area contributed by atoms with Crippen LogP contribution in [-0.2, 0) is 0 Å². The van der Waals surface area contributed by atoms with Gasteiger partial charge in [0.1, 0.15) is 0 Å². The number of aryl methyl sites for hydroxylation is 1. The Bertz CT molecular complexity index is 1460. The van der Waals surface area contributed by atoms with Gasteiger partial charge in [0.25, 0.3) is 0 Å². The number of fused-ring (bicyclic) bond motifs is 6. The summed E-state index contributed by atoms with van der Waals surface area (Å²) in [5, 5.41) is 6.13. The Morgan fingerprint density at radius 3 is 2.59 bits per heavy atom. The number of nitrogens with zero attached hydrogens (tertiary/aromatic N) is 2. The first-order valence-electron chi connectivity index (χ1n) is 13.6. The molecule has 8 bridgehead atoms. The molecule has 0 fully saturated rings. The zero-order valence-electron chi connectivity index (χ0n) is 23.0. The van der Waals surface area contributed by atoms with E-state index in [0.29, 0.717) is 11.8 Å². The van der Waals surface area contributed by atoms with Crippen LogP contribution in [0.3, 0.4) is 0 Å². The molecular formula is C32H39N4Po. The van der Waals surface area contributed by atoms with Gasteiger partial charge in [0, 0.05) is 0 Å². The van der Waals surface area contributed by atoms with Crippen molar-refractivity contribution in [2.75, 3.05) is 0 Å². The topological polar surface area (TPSA) is 52.5 Å². The van der Waals surface area contributed by atoms with Crippen LogP contribution in [0.15, 0.2) is 74.7 Å². The molecule has 37 heavy (non-hydrogen) atoms. The number of aliphatic imine (C=N–C) groups is 2. The summed E-state index contributed by atoms with van der Waals surface area (Å²) in [6.45, 7) is 17.7. The first-order chi connectivity index (χ1) is 17.8. The third kappa shape index (κ3) is 4.63. The molecule has 1 aromatic rings. The van der Waals surface area contributed by atoms with Crippen LogP contribution < -0.4 is 16.0 Å². The minimum atomic E-state index is 0.134. The fourth-order valence-corrected chi connectivity index (χ4v) is 6.96. The average molecular weight is 689 g/mol. The zero-order chi connectivity index (χ0) is 26.4. The Morgan fingerprint density at radius 1 is 1.11 bits per heavy atom. The molecule has 0 aliphatic carbocycles. The Kier molecular flexibility index (Phi) is 7.48. The first kappa shape index (κ1) is 26.4. The normalized spacial score (nSPS) is 32.2. The van der Waals surface area contributed by atoms with Crippen LogP contribution in [0.4, 0.5) is 0 Å². The molecule has 4 aliphatic rings. The molecule has 0 spiro atoms. The van der Waals surface area contributed by atoms with E-state index in [0.717, 1.165) is 23.2 Å². The second-order valence-electron chi connectivity index (χ2n) is 10.9. The van der Waals surface area contributed by atoms with Crippen LogP contribution in [0.2, 0.25) is 4.08 Å². The molecule has 0 amide bonds. The van der Waals surface area contributed by atoms with Gasteiger partial charge in [0.2, 0.25) is 0 Å². The quantitative estimate of drug-likeness (QED) is 0.403. The molecular weight excluding hydrogens is 649 g/mol. The Labute approximate surface area is 237 Å². The van der Waals surface area contributed by atoms with Gasteiger partial charge in [0.05, 0.1) is 0 Å². The fourth-order valence-electron chi connectivity index (χ4n) is 6.31. The van der Waals surface area contributed by atoms with Crippen molar-refractivity contribution < 1.29 is 0 Å². The van der Waals surface area contributed by atoms with Crippen LogP contribution in [-0.4, -0.2) is 47.5 Å². The Balaban J connectivity index is 1.77. The summed E-state index contributed by atoms with van der Waals surface area (Å²) in [6.07, 6.45) is 12.3. The van der Waals surface area contributed by atoms with Crippen molar-refractivity contribution in [1.29, 1.82) is 0 Å². The molecule has 1 aromatic heterocycles. The minimum absolute atomic E-state index is 0.134. The van der Waals surface area contributed by atoms with Crippen molar-refractivity contribution in [3.8, 4) is 0 Å². The number of aromatic nitrogens is 1. The van der Waals surface area contributed by atoms with E-state index in [4.69, 9.17) is 9.98 Å². The number of aromatic amines is 1. The van der Waals surface area contributed by atoms with Gasteiger partial charge in [-0.25, -0.2) is 0 Å². The van der Waals surface area contributed by atoms with E-state index < -0.39 is 0 Å². The van der Waals surface area contributed by atoms with Crippen molar-refractivity contribution >= 4 is 48.1 Å². The average Bonchev–Trinajstić information content (AvgIpc) is 3.57. The fraction of sp³-hybridized carbons (Fsp3) is 0.438. The summed E-state index contributed by atoms with van der Waals surface area (Å²) in [6, 6.07) is 2.42. The van der Waals surface area contributed by atoms with Crippen LogP contribution in [0.5, 0.6) is 0 Å². The molecule has 4 aliphatic heterocycles. The molecule has 0 aromatic carbocycles. The van der Waals surface area contributed by atoms with Crippen molar-refractivity contribution in [2.24, 2.45) is 27.7 Å². The van der Waals surface area contributed by atoms with Gasteiger partial charge in [0.15, 0.2) is 0 Å². The van der Waals surface area contributed by atoms with Crippen molar-refractivity contribution in [2.45, 2.75) is 70.9 Å². The number of hydrogen-bond acceptors (Lipinski definition) is 3. The standard InChI is InChI=1S/C32H39N4.Po/c1-9-12-24-20(7)29-15-27-18(5)23(11-3)31(34-27)16-28-19(6)22(10-2)30(35-28)14-25-17(4)13-26(33-25)21(8)32(24)36-29;/h11,13-16,20,23-24,31,33-34H,1,3,9-10,12H2,2,4-8H3;/b25-14-,26-21-,28-16-,29-15-;/t20-,23?,24-,31?;/m0./s1. The molecule has 2 unspecified atom stereocenters. The van der Waals surface area contributed by atoms with Gasteiger partial charge in [-0.2, -0.15) is 0 Å². The third-order valence-corrected chi connectivity index (χ3v) is 9.83. The second kappa shape index (κ2) is 10.5. The van der Waals surface area contributed by atoms with Gasteiger partial charge in [-0.15, -0.1) is 0 Å². The number of hydrogen-bond donors (Lipinski definition) is 2. The zero-order valence-corrected chi connectivity index (χ0v) is 26.2. The molecule has 5 heteroatoms. The Morgan fingerprint density at radius 2 is 1.89 bits per heavy atom. The summed E-state index contributed by atoms with van der Waals surface area (Å²) in [5.41, 5.74) is 12.2.